The number of pyridine rings is 1. The number of nitrogens with two attached hydrogens (primary N) is 1. The van der Waals surface area contributed by atoms with Crippen molar-refractivity contribution in [3.05, 3.63) is 54.1 Å². The smallest absolute Gasteiger partial charge is 0.148 e. The summed E-state index contributed by atoms with van der Waals surface area (Å²) in [7, 11) is 0. The number of nitrogen functional groups attached to an aromatic ring is 1. The van der Waals surface area contributed by atoms with Crippen molar-refractivity contribution in [1.29, 1.82) is 0 Å². The van der Waals surface area contributed by atoms with E-state index < -0.39 is 0 Å². The number of rotatable bonds is 4. The zero-order valence-corrected chi connectivity index (χ0v) is 9.36. The third-order valence-corrected chi connectivity index (χ3v) is 2.45. The molecule has 0 saturated heterocycles. The Morgan fingerprint density at radius 2 is 2.18 bits per heavy atom. The third kappa shape index (κ3) is 3.17. The molecule has 0 aliphatic rings. The topological polar surface area (TPSA) is 50.9 Å². The Morgan fingerprint density at radius 1 is 1.29 bits per heavy atom. The van der Waals surface area contributed by atoms with Crippen LogP contribution in [0.3, 0.4) is 0 Å². The summed E-state index contributed by atoms with van der Waals surface area (Å²) in [6.45, 7) is 0.659. The van der Waals surface area contributed by atoms with Crippen molar-refractivity contribution < 1.29 is 4.39 Å². The standard InChI is InChI=1S/C13H14FN3/c14-12-8-11(15)3-4-13(12)17-7-5-10-2-1-6-16-9-10/h1-4,6,8-9,17H,5,7,15H2. The van der Waals surface area contributed by atoms with Gasteiger partial charge in [0.15, 0.2) is 0 Å². The molecule has 88 valence electrons. The molecular formula is C13H14FN3. The van der Waals surface area contributed by atoms with E-state index in [1.54, 1.807) is 24.5 Å². The first kappa shape index (κ1) is 11.4. The van der Waals surface area contributed by atoms with Gasteiger partial charge in [-0.25, -0.2) is 4.39 Å². The molecule has 0 bridgehead atoms. The predicted molar refractivity (Wildman–Crippen MR) is 67.2 cm³/mol. The van der Waals surface area contributed by atoms with Crippen molar-refractivity contribution in [3.63, 3.8) is 0 Å². The average Bonchev–Trinajstić information content (AvgIpc) is 2.33. The van der Waals surface area contributed by atoms with E-state index in [1.807, 2.05) is 12.1 Å². The average molecular weight is 231 g/mol. The van der Waals surface area contributed by atoms with Gasteiger partial charge in [0.05, 0.1) is 5.69 Å². The molecule has 0 radical (unpaired) electrons. The minimum absolute atomic E-state index is 0.323. The lowest BCUT2D eigenvalue weighted by molar-refractivity contribution is 0.631. The fourth-order valence-electron chi connectivity index (χ4n) is 1.56. The Kier molecular flexibility index (Phi) is 3.55. The first-order chi connectivity index (χ1) is 8.25. The van der Waals surface area contributed by atoms with Crippen LogP contribution in [0.1, 0.15) is 5.56 Å². The quantitative estimate of drug-likeness (QED) is 0.795. The second-order valence-electron chi connectivity index (χ2n) is 3.78. The summed E-state index contributed by atoms with van der Waals surface area (Å²) in [5.41, 5.74) is 7.50. The fraction of sp³-hybridized carbons (Fsp3) is 0.154. The normalized spacial score (nSPS) is 10.2. The highest BCUT2D eigenvalue weighted by Crippen LogP contribution is 2.16. The number of nitrogens with one attached hydrogen (secondary N) is 1. The Labute approximate surface area is 99.5 Å². The second kappa shape index (κ2) is 5.30. The number of benzene rings is 1. The van der Waals surface area contributed by atoms with Gasteiger partial charge in [0, 0.05) is 24.6 Å². The summed E-state index contributed by atoms with van der Waals surface area (Å²) in [6, 6.07) is 8.52. The van der Waals surface area contributed by atoms with Crippen LogP contribution in [0.4, 0.5) is 15.8 Å². The summed E-state index contributed by atoms with van der Waals surface area (Å²) >= 11 is 0. The summed E-state index contributed by atoms with van der Waals surface area (Å²) < 4.78 is 13.4. The molecule has 0 atom stereocenters. The summed E-state index contributed by atoms with van der Waals surface area (Å²) in [6.07, 6.45) is 4.34. The van der Waals surface area contributed by atoms with E-state index in [1.165, 1.54) is 6.07 Å². The molecule has 1 aromatic heterocycles. The molecule has 3 nitrogen and oxygen atoms in total. The van der Waals surface area contributed by atoms with E-state index in [2.05, 4.69) is 10.3 Å². The molecule has 4 heteroatoms. The molecule has 0 fully saturated rings. The Hall–Kier alpha value is -2.10. The van der Waals surface area contributed by atoms with Crippen LogP contribution in [-0.2, 0) is 6.42 Å². The first-order valence-electron chi connectivity index (χ1n) is 5.43. The Balaban J connectivity index is 1.90. The van der Waals surface area contributed by atoms with Gasteiger partial charge in [-0.2, -0.15) is 0 Å². The van der Waals surface area contributed by atoms with Crippen LogP contribution >= 0.6 is 0 Å². The molecule has 0 aliphatic carbocycles. The zero-order chi connectivity index (χ0) is 12.1. The monoisotopic (exact) mass is 231 g/mol. The molecule has 0 amide bonds. The Bertz CT molecular complexity index is 485. The lowest BCUT2D eigenvalue weighted by atomic mass is 10.2. The van der Waals surface area contributed by atoms with E-state index in [0.29, 0.717) is 17.9 Å². The minimum Gasteiger partial charge on any atom is -0.399 e. The van der Waals surface area contributed by atoms with Crippen molar-refractivity contribution >= 4 is 11.4 Å². The summed E-state index contributed by atoms with van der Waals surface area (Å²) in [4.78, 5) is 4.02. The van der Waals surface area contributed by atoms with E-state index in [-0.39, 0.29) is 5.82 Å². The molecule has 2 rings (SSSR count). The van der Waals surface area contributed by atoms with Crippen molar-refractivity contribution in [1.82, 2.24) is 4.98 Å². The highest BCUT2D eigenvalue weighted by atomic mass is 19.1. The van der Waals surface area contributed by atoms with E-state index in [0.717, 1.165) is 12.0 Å². The largest absolute Gasteiger partial charge is 0.399 e. The highest BCUT2D eigenvalue weighted by molar-refractivity contribution is 5.52. The van der Waals surface area contributed by atoms with Gasteiger partial charge in [-0.05, 0) is 36.2 Å². The molecule has 1 heterocycles. The fourth-order valence-corrected chi connectivity index (χ4v) is 1.56. The van der Waals surface area contributed by atoms with Crippen molar-refractivity contribution in [3.8, 4) is 0 Å². The lowest BCUT2D eigenvalue weighted by Gasteiger charge is -2.07. The SMILES string of the molecule is Nc1ccc(NCCc2cccnc2)c(F)c1. The van der Waals surface area contributed by atoms with Gasteiger partial charge in [0.2, 0.25) is 0 Å². The zero-order valence-electron chi connectivity index (χ0n) is 9.36. The maximum Gasteiger partial charge on any atom is 0.148 e. The van der Waals surface area contributed by atoms with Gasteiger partial charge in [0.25, 0.3) is 0 Å². The highest BCUT2D eigenvalue weighted by Gasteiger charge is 2.01. The number of aromatic nitrogens is 1. The molecule has 17 heavy (non-hydrogen) atoms. The molecule has 0 spiro atoms. The molecule has 2 aromatic rings. The van der Waals surface area contributed by atoms with E-state index in [4.69, 9.17) is 5.73 Å². The van der Waals surface area contributed by atoms with Crippen LogP contribution in [0, 0.1) is 5.82 Å². The molecule has 3 N–H and O–H groups in total. The van der Waals surface area contributed by atoms with Crippen molar-refractivity contribution in [2.45, 2.75) is 6.42 Å². The van der Waals surface area contributed by atoms with Gasteiger partial charge < -0.3 is 11.1 Å². The van der Waals surface area contributed by atoms with Crippen LogP contribution in [0.2, 0.25) is 0 Å². The molecule has 0 aliphatic heterocycles. The number of nitrogens with zero attached hydrogens (tertiary/aromatic N) is 1. The van der Waals surface area contributed by atoms with Crippen molar-refractivity contribution in [2.24, 2.45) is 0 Å². The van der Waals surface area contributed by atoms with Crippen LogP contribution in [0.25, 0.3) is 0 Å². The number of halogens is 1. The van der Waals surface area contributed by atoms with Gasteiger partial charge in [-0.15, -0.1) is 0 Å². The molecule has 0 saturated carbocycles. The van der Waals surface area contributed by atoms with Crippen LogP contribution in [0.15, 0.2) is 42.7 Å². The van der Waals surface area contributed by atoms with Gasteiger partial charge in [-0.1, -0.05) is 6.07 Å². The maximum absolute atomic E-state index is 13.4. The lowest BCUT2D eigenvalue weighted by Crippen LogP contribution is -2.06. The number of hydrogen-bond donors (Lipinski definition) is 2. The summed E-state index contributed by atoms with van der Waals surface area (Å²) in [5.74, 6) is -0.323. The molecule has 0 unspecified atom stereocenters. The summed E-state index contributed by atoms with van der Waals surface area (Å²) in [5, 5.41) is 3.03. The molecule has 1 aromatic carbocycles. The van der Waals surface area contributed by atoms with Crippen molar-refractivity contribution in [2.75, 3.05) is 17.6 Å². The van der Waals surface area contributed by atoms with Gasteiger partial charge in [0.1, 0.15) is 5.82 Å². The second-order valence-corrected chi connectivity index (χ2v) is 3.78. The number of anilines is 2. The van der Waals surface area contributed by atoms with Crippen LogP contribution in [-0.4, -0.2) is 11.5 Å². The van der Waals surface area contributed by atoms with Crippen LogP contribution < -0.4 is 11.1 Å². The molecular weight excluding hydrogens is 217 g/mol. The number of hydrogen-bond acceptors (Lipinski definition) is 3. The first-order valence-corrected chi connectivity index (χ1v) is 5.43. The van der Waals surface area contributed by atoms with Crippen LogP contribution in [0.5, 0.6) is 0 Å². The predicted octanol–water partition coefficient (Wildman–Crippen LogP) is 2.46. The Morgan fingerprint density at radius 3 is 2.88 bits per heavy atom. The minimum atomic E-state index is -0.323. The third-order valence-electron chi connectivity index (χ3n) is 2.45. The van der Waals surface area contributed by atoms with Gasteiger partial charge in [-0.3, -0.25) is 4.98 Å². The maximum atomic E-state index is 13.4. The van der Waals surface area contributed by atoms with E-state index >= 15 is 0 Å². The van der Waals surface area contributed by atoms with E-state index in [9.17, 15) is 4.39 Å². The van der Waals surface area contributed by atoms with Gasteiger partial charge >= 0.3 is 0 Å².